The van der Waals surface area contributed by atoms with Gasteiger partial charge in [0.1, 0.15) is 0 Å². The van der Waals surface area contributed by atoms with Gasteiger partial charge in [-0.3, -0.25) is 5.01 Å². The lowest BCUT2D eigenvalue weighted by Crippen LogP contribution is -2.40. The van der Waals surface area contributed by atoms with Crippen molar-refractivity contribution in [2.24, 2.45) is 17.3 Å². The first kappa shape index (κ1) is 13.7. The zero-order chi connectivity index (χ0) is 13.2. The van der Waals surface area contributed by atoms with Crippen LogP contribution in [0.25, 0.3) is 0 Å². The summed E-state index contributed by atoms with van der Waals surface area (Å²) in [4.78, 5) is 3.60. The molecule has 0 bridgehead atoms. The predicted molar refractivity (Wildman–Crippen MR) is 66.4 cm³/mol. The maximum Gasteiger partial charge on any atom is 0.185 e. The molecule has 94 valence electrons. The number of hydrogen-bond acceptors (Lipinski definition) is 5. The molecule has 1 heterocycles. The minimum Gasteiger partial charge on any atom is -0.401 e. The maximum absolute atomic E-state index is 13.7. The number of nitrogens with zero attached hydrogens (tertiary/aromatic N) is 2. The Bertz CT molecular complexity index is 442. The molecular formula is C10H15ClFN5. The molecule has 17 heavy (non-hydrogen) atoms. The molecule has 0 spiro atoms. The fraction of sp³-hybridized carbons (Fsp3) is 0.300. The normalized spacial score (nSPS) is 14.2. The minimum atomic E-state index is -0.712. The van der Waals surface area contributed by atoms with Gasteiger partial charge in [0.05, 0.1) is 11.4 Å². The number of halogens is 2. The average molecular weight is 260 g/mol. The molecule has 1 aromatic rings. The smallest absolute Gasteiger partial charge is 0.185 e. The summed E-state index contributed by atoms with van der Waals surface area (Å²) >= 11 is 5.57. The van der Waals surface area contributed by atoms with E-state index in [9.17, 15) is 4.39 Å². The van der Waals surface area contributed by atoms with E-state index in [0.29, 0.717) is 11.4 Å². The van der Waals surface area contributed by atoms with Crippen molar-refractivity contribution in [2.45, 2.75) is 19.9 Å². The molecule has 0 aliphatic heterocycles. The summed E-state index contributed by atoms with van der Waals surface area (Å²) in [7, 11) is 0. The van der Waals surface area contributed by atoms with Crippen molar-refractivity contribution in [2.75, 3.05) is 5.01 Å². The molecule has 6 N–H and O–H groups in total. The monoisotopic (exact) mass is 259 g/mol. The van der Waals surface area contributed by atoms with Crippen LogP contribution in [-0.2, 0) is 0 Å². The summed E-state index contributed by atoms with van der Waals surface area (Å²) in [6.45, 7) is 3.34. The molecule has 0 amide bonds. The molecule has 0 aliphatic rings. The van der Waals surface area contributed by atoms with Crippen LogP contribution in [0.4, 0.5) is 10.1 Å². The summed E-state index contributed by atoms with van der Waals surface area (Å²) in [5.74, 6) is 5.09. The zero-order valence-electron chi connectivity index (χ0n) is 9.61. The second-order valence-corrected chi connectivity index (χ2v) is 4.02. The highest BCUT2D eigenvalue weighted by atomic mass is 35.5. The third-order valence-corrected chi connectivity index (χ3v) is 2.44. The molecule has 1 atom stereocenters. The van der Waals surface area contributed by atoms with Gasteiger partial charge in [0, 0.05) is 17.9 Å². The van der Waals surface area contributed by atoms with Crippen molar-refractivity contribution in [3.8, 4) is 0 Å². The van der Waals surface area contributed by atoms with E-state index in [1.165, 1.54) is 12.3 Å². The number of pyridine rings is 1. The first-order valence-electron chi connectivity index (χ1n) is 4.93. The Hall–Kier alpha value is -1.37. The Morgan fingerprint density at radius 3 is 2.65 bits per heavy atom. The Kier molecular flexibility index (Phi) is 4.28. The van der Waals surface area contributed by atoms with Crippen molar-refractivity contribution in [3.63, 3.8) is 0 Å². The van der Waals surface area contributed by atoms with Gasteiger partial charge in [-0.25, -0.2) is 15.2 Å². The molecule has 1 rings (SSSR count). The van der Waals surface area contributed by atoms with E-state index in [1.54, 1.807) is 13.8 Å². The van der Waals surface area contributed by atoms with Gasteiger partial charge in [0.2, 0.25) is 0 Å². The van der Waals surface area contributed by atoms with E-state index in [1.807, 2.05) is 0 Å². The van der Waals surface area contributed by atoms with Gasteiger partial charge >= 0.3 is 0 Å². The van der Waals surface area contributed by atoms with Crippen LogP contribution in [0.3, 0.4) is 0 Å². The van der Waals surface area contributed by atoms with E-state index in [0.717, 1.165) is 5.01 Å². The average Bonchev–Trinajstić information content (AvgIpc) is 2.20. The van der Waals surface area contributed by atoms with Crippen LogP contribution in [0.2, 0.25) is 5.15 Å². The van der Waals surface area contributed by atoms with Crippen molar-refractivity contribution in [1.82, 2.24) is 4.98 Å². The van der Waals surface area contributed by atoms with Gasteiger partial charge in [0.15, 0.2) is 11.0 Å². The molecule has 1 aromatic heterocycles. The van der Waals surface area contributed by atoms with Crippen LogP contribution in [0.15, 0.2) is 23.7 Å². The number of rotatable bonds is 3. The summed E-state index contributed by atoms with van der Waals surface area (Å²) < 4.78 is 13.7. The lowest BCUT2D eigenvalue weighted by atomic mass is 10.2. The van der Waals surface area contributed by atoms with Crippen LogP contribution in [-0.4, -0.2) is 11.0 Å². The van der Waals surface area contributed by atoms with Crippen molar-refractivity contribution in [1.29, 1.82) is 0 Å². The molecule has 7 heteroatoms. The number of nitrogens with two attached hydrogens (primary N) is 3. The number of anilines is 1. The van der Waals surface area contributed by atoms with E-state index in [-0.39, 0.29) is 10.8 Å². The Morgan fingerprint density at radius 1 is 1.59 bits per heavy atom. The Morgan fingerprint density at radius 2 is 2.18 bits per heavy atom. The second kappa shape index (κ2) is 5.31. The van der Waals surface area contributed by atoms with Gasteiger partial charge < -0.3 is 11.5 Å². The Balaban J connectivity index is 3.25. The molecule has 0 saturated carbocycles. The number of aromatic nitrogens is 1. The third-order valence-electron chi connectivity index (χ3n) is 2.18. The number of allylic oxidation sites excluding steroid dienone is 1. The zero-order valence-corrected chi connectivity index (χ0v) is 10.4. The lowest BCUT2D eigenvalue weighted by Gasteiger charge is -2.26. The fourth-order valence-electron chi connectivity index (χ4n) is 1.49. The topological polar surface area (TPSA) is 94.2 Å². The van der Waals surface area contributed by atoms with Gasteiger partial charge in [-0.2, -0.15) is 0 Å². The molecule has 0 saturated heterocycles. The quantitative estimate of drug-likeness (QED) is 0.429. The van der Waals surface area contributed by atoms with Crippen molar-refractivity contribution in [3.05, 3.63) is 34.6 Å². The van der Waals surface area contributed by atoms with E-state index in [4.69, 9.17) is 28.9 Å². The molecule has 0 aromatic carbocycles. The number of hydrazine groups is 1. The summed E-state index contributed by atoms with van der Waals surface area (Å²) in [6.07, 6.45) is 1.35. The maximum atomic E-state index is 13.7. The highest BCUT2D eigenvalue weighted by molar-refractivity contribution is 6.29. The van der Waals surface area contributed by atoms with Crippen LogP contribution in [0.1, 0.15) is 13.8 Å². The summed E-state index contributed by atoms with van der Waals surface area (Å²) in [6, 6.07) is 0.961. The van der Waals surface area contributed by atoms with Crippen LogP contribution < -0.4 is 22.3 Å². The van der Waals surface area contributed by atoms with Crippen LogP contribution in [0.5, 0.6) is 0 Å². The Labute approximate surface area is 104 Å². The molecule has 1 unspecified atom stereocenters. The molecule has 0 fully saturated rings. The SMILES string of the molecule is C/C(N)=C(\C(C)N)N(N)c1ccnc(Cl)c1F. The minimum absolute atomic E-state index is 0.0714. The van der Waals surface area contributed by atoms with Crippen LogP contribution in [0, 0.1) is 5.82 Å². The first-order chi connectivity index (χ1) is 7.86. The standard InChI is InChI=1S/C10H15ClFN5/c1-5(13)9(6(2)14)17(15)7-3-4-16-10(11)8(7)12/h3-5H,13-15H2,1-2H3/b9-6-. The summed E-state index contributed by atoms with van der Waals surface area (Å²) in [5, 5.41) is 0.833. The molecular weight excluding hydrogens is 245 g/mol. The van der Waals surface area contributed by atoms with E-state index in [2.05, 4.69) is 4.98 Å². The molecule has 0 radical (unpaired) electrons. The molecule has 5 nitrogen and oxygen atoms in total. The molecule has 0 aliphatic carbocycles. The van der Waals surface area contributed by atoms with Gasteiger partial charge in [-0.05, 0) is 19.9 Å². The summed E-state index contributed by atoms with van der Waals surface area (Å²) in [5.41, 5.74) is 12.3. The predicted octanol–water partition coefficient (Wildman–Crippen LogP) is 1.09. The lowest BCUT2D eigenvalue weighted by molar-refractivity contribution is 0.614. The fourth-order valence-corrected chi connectivity index (χ4v) is 1.65. The highest BCUT2D eigenvalue weighted by Gasteiger charge is 2.19. The number of hydrogen-bond donors (Lipinski definition) is 3. The van der Waals surface area contributed by atoms with Gasteiger partial charge in [0.25, 0.3) is 0 Å². The largest absolute Gasteiger partial charge is 0.401 e. The van der Waals surface area contributed by atoms with Crippen molar-refractivity contribution < 1.29 is 4.39 Å². The van der Waals surface area contributed by atoms with Crippen LogP contribution >= 0.6 is 11.6 Å². The third kappa shape index (κ3) is 2.85. The second-order valence-electron chi connectivity index (χ2n) is 3.66. The van der Waals surface area contributed by atoms with E-state index >= 15 is 0 Å². The first-order valence-corrected chi connectivity index (χ1v) is 5.30. The van der Waals surface area contributed by atoms with Crippen molar-refractivity contribution >= 4 is 17.3 Å². The van der Waals surface area contributed by atoms with Gasteiger partial charge in [-0.1, -0.05) is 11.6 Å². The highest BCUT2D eigenvalue weighted by Crippen LogP contribution is 2.25. The van der Waals surface area contributed by atoms with Gasteiger partial charge in [-0.15, -0.1) is 0 Å². The van der Waals surface area contributed by atoms with E-state index < -0.39 is 11.9 Å².